The number of carbonyl (C=O) groups is 2. The zero-order chi connectivity index (χ0) is 23.5. The van der Waals surface area contributed by atoms with E-state index in [9.17, 15) is 20.0 Å². The Hall–Kier alpha value is -3.53. The quantitative estimate of drug-likeness (QED) is 0.431. The topological polar surface area (TPSA) is 96.6 Å². The highest BCUT2D eigenvalue weighted by atomic mass is 35.5. The fourth-order valence-corrected chi connectivity index (χ4v) is 3.94. The molecule has 0 aromatic heterocycles. The van der Waals surface area contributed by atoms with Crippen LogP contribution in [0.4, 0.5) is 0 Å². The molecule has 0 spiro atoms. The minimum Gasteiger partial charge on any atom is -0.493 e. The van der Waals surface area contributed by atoms with E-state index in [0.717, 1.165) is 5.56 Å². The number of aliphatic carboxylic acids is 1. The van der Waals surface area contributed by atoms with Gasteiger partial charge < -0.3 is 14.6 Å². The molecule has 1 unspecified atom stereocenters. The molecule has 0 saturated carbocycles. The van der Waals surface area contributed by atoms with E-state index in [1.54, 1.807) is 42.5 Å². The third kappa shape index (κ3) is 4.95. The van der Waals surface area contributed by atoms with Crippen molar-refractivity contribution in [1.29, 1.82) is 5.26 Å². The van der Waals surface area contributed by atoms with Crippen molar-refractivity contribution >= 4 is 35.0 Å². The molecule has 6 nitrogen and oxygen atoms in total. The number of carboxylic acid groups (broad SMARTS) is 1. The number of carboxylic acids is 1. The number of ketones is 1. The van der Waals surface area contributed by atoms with Gasteiger partial charge >= 0.3 is 5.97 Å². The smallest absolute Gasteiger partial charge is 0.311 e. The third-order valence-electron chi connectivity index (χ3n) is 5.32. The first-order chi connectivity index (χ1) is 15.9. The lowest BCUT2D eigenvalue weighted by Crippen LogP contribution is -2.21. The van der Waals surface area contributed by atoms with Crippen molar-refractivity contribution in [2.24, 2.45) is 0 Å². The van der Waals surface area contributed by atoms with Gasteiger partial charge in [0.1, 0.15) is 23.3 Å². The first-order valence-electron chi connectivity index (χ1n) is 10.0. The van der Waals surface area contributed by atoms with Crippen LogP contribution >= 0.6 is 23.2 Å². The minimum absolute atomic E-state index is 0.0976. The number of Topliss-reactive ketones (excluding diaryl/α,β-unsaturated/α-hetero) is 1. The molecular weight excluding hydrogens is 465 g/mol. The monoisotopic (exact) mass is 481 g/mol. The molecule has 1 aliphatic rings. The van der Waals surface area contributed by atoms with E-state index in [-0.39, 0.29) is 30.1 Å². The predicted molar refractivity (Wildman–Crippen MR) is 123 cm³/mol. The van der Waals surface area contributed by atoms with Gasteiger partial charge in [0.25, 0.3) is 0 Å². The van der Waals surface area contributed by atoms with Gasteiger partial charge in [0, 0.05) is 23.6 Å². The van der Waals surface area contributed by atoms with Gasteiger partial charge in [-0.2, -0.15) is 5.26 Å². The third-order valence-corrected chi connectivity index (χ3v) is 6.06. The van der Waals surface area contributed by atoms with E-state index in [1.807, 2.05) is 6.07 Å². The summed E-state index contributed by atoms with van der Waals surface area (Å²) in [5, 5.41) is 19.8. The molecule has 0 radical (unpaired) electrons. The van der Waals surface area contributed by atoms with Crippen LogP contribution < -0.4 is 9.47 Å². The van der Waals surface area contributed by atoms with Crippen molar-refractivity contribution in [3.05, 3.63) is 86.9 Å². The van der Waals surface area contributed by atoms with E-state index >= 15 is 0 Å². The Morgan fingerprint density at radius 1 is 1.09 bits per heavy atom. The van der Waals surface area contributed by atoms with Crippen LogP contribution in [0.25, 0.3) is 0 Å². The first kappa shape index (κ1) is 22.7. The summed E-state index contributed by atoms with van der Waals surface area (Å²) in [5.41, 5.74) is 1.90. The second-order valence-electron chi connectivity index (χ2n) is 7.50. The Bertz CT molecular complexity index is 1280. The number of nitrogens with zero attached hydrogens (tertiary/aromatic N) is 1. The van der Waals surface area contributed by atoms with Crippen LogP contribution in [-0.4, -0.2) is 23.5 Å². The SMILES string of the molecule is N#Cc1cc2c(cc1Oc1ccc(C(=O)Cc3ccc(Cl)c(Cl)c3)cc1)OCCC2C(=O)O. The Morgan fingerprint density at radius 2 is 1.85 bits per heavy atom. The zero-order valence-corrected chi connectivity index (χ0v) is 18.7. The summed E-state index contributed by atoms with van der Waals surface area (Å²) in [6.07, 6.45) is 0.508. The fraction of sp³-hybridized carbons (Fsp3) is 0.160. The van der Waals surface area contributed by atoms with Gasteiger partial charge in [-0.25, -0.2) is 0 Å². The number of carbonyl (C=O) groups excluding carboxylic acids is 1. The van der Waals surface area contributed by atoms with Gasteiger partial charge in [-0.3, -0.25) is 9.59 Å². The molecule has 3 aromatic carbocycles. The molecule has 1 atom stereocenters. The van der Waals surface area contributed by atoms with Crippen molar-refractivity contribution in [1.82, 2.24) is 0 Å². The van der Waals surface area contributed by atoms with Crippen LogP contribution in [-0.2, 0) is 11.2 Å². The van der Waals surface area contributed by atoms with Gasteiger partial charge in [0.15, 0.2) is 5.78 Å². The number of nitriles is 1. The first-order valence-corrected chi connectivity index (χ1v) is 10.8. The molecular formula is C25H17Cl2NO5. The molecule has 0 aliphatic carbocycles. The maximum absolute atomic E-state index is 12.6. The van der Waals surface area contributed by atoms with Crippen LogP contribution in [0.3, 0.4) is 0 Å². The van der Waals surface area contributed by atoms with Crippen molar-refractivity contribution in [3.63, 3.8) is 0 Å². The average molecular weight is 482 g/mol. The van der Waals surface area contributed by atoms with E-state index in [4.69, 9.17) is 32.7 Å². The lowest BCUT2D eigenvalue weighted by Gasteiger charge is -2.24. The second kappa shape index (κ2) is 9.53. The van der Waals surface area contributed by atoms with Crippen LogP contribution in [0.1, 0.15) is 39.4 Å². The number of rotatable bonds is 6. The van der Waals surface area contributed by atoms with Crippen LogP contribution in [0.15, 0.2) is 54.6 Å². The molecule has 33 heavy (non-hydrogen) atoms. The van der Waals surface area contributed by atoms with E-state index in [2.05, 4.69) is 0 Å². The summed E-state index contributed by atoms with van der Waals surface area (Å²) < 4.78 is 11.4. The summed E-state index contributed by atoms with van der Waals surface area (Å²) in [6.45, 7) is 0.269. The molecule has 1 aliphatic heterocycles. The molecule has 0 bridgehead atoms. The highest BCUT2D eigenvalue weighted by Crippen LogP contribution is 2.39. The van der Waals surface area contributed by atoms with Gasteiger partial charge in [-0.05, 0) is 54.4 Å². The molecule has 1 N–H and O–H groups in total. The number of ether oxygens (including phenoxy) is 2. The van der Waals surface area contributed by atoms with Crippen molar-refractivity contribution in [3.8, 4) is 23.3 Å². The number of halogens is 2. The molecule has 0 fully saturated rings. The van der Waals surface area contributed by atoms with Crippen molar-refractivity contribution < 1.29 is 24.2 Å². The van der Waals surface area contributed by atoms with Crippen LogP contribution in [0.5, 0.6) is 17.2 Å². The van der Waals surface area contributed by atoms with E-state index in [1.165, 1.54) is 12.1 Å². The molecule has 3 aromatic rings. The van der Waals surface area contributed by atoms with Crippen LogP contribution in [0.2, 0.25) is 10.0 Å². The highest BCUT2D eigenvalue weighted by molar-refractivity contribution is 6.42. The van der Waals surface area contributed by atoms with E-state index in [0.29, 0.717) is 39.1 Å². The van der Waals surface area contributed by atoms with Gasteiger partial charge in [-0.1, -0.05) is 29.3 Å². The summed E-state index contributed by atoms with van der Waals surface area (Å²) in [6, 6.07) is 16.7. The number of fused-ring (bicyclic) bond motifs is 1. The summed E-state index contributed by atoms with van der Waals surface area (Å²) in [4.78, 5) is 24.1. The predicted octanol–water partition coefficient (Wildman–Crippen LogP) is 6.03. The van der Waals surface area contributed by atoms with Gasteiger partial charge in [0.2, 0.25) is 0 Å². The Morgan fingerprint density at radius 3 is 2.52 bits per heavy atom. The van der Waals surface area contributed by atoms with Crippen molar-refractivity contribution in [2.45, 2.75) is 18.8 Å². The maximum atomic E-state index is 12.6. The van der Waals surface area contributed by atoms with Crippen LogP contribution in [0, 0.1) is 11.3 Å². The summed E-state index contributed by atoms with van der Waals surface area (Å²) in [5.74, 6) is -0.732. The molecule has 8 heteroatoms. The standard InChI is InChI=1S/C25H17Cl2NO5/c26-20-6-1-14(9-21(20)27)10-22(29)15-2-4-17(5-3-15)33-23-12-24-19(11-16(23)13-28)18(25(30)31)7-8-32-24/h1-6,9,11-12,18H,7-8,10H2,(H,30,31). The summed E-state index contributed by atoms with van der Waals surface area (Å²) >= 11 is 11.9. The summed E-state index contributed by atoms with van der Waals surface area (Å²) in [7, 11) is 0. The molecule has 4 rings (SSSR count). The second-order valence-corrected chi connectivity index (χ2v) is 8.32. The number of hydrogen-bond acceptors (Lipinski definition) is 5. The number of benzene rings is 3. The normalized spacial score (nSPS) is 14.5. The highest BCUT2D eigenvalue weighted by Gasteiger charge is 2.29. The Labute approximate surface area is 199 Å². The lowest BCUT2D eigenvalue weighted by molar-refractivity contribution is -0.139. The minimum atomic E-state index is -0.960. The van der Waals surface area contributed by atoms with Gasteiger partial charge in [0.05, 0.1) is 28.1 Å². The molecule has 0 saturated heterocycles. The Kier molecular flexibility index (Phi) is 6.55. The molecule has 0 amide bonds. The Balaban J connectivity index is 1.52. The fourth-order valence-electron chi connectivity index (χ4n) is 3.62. The maximum Gasteiger partial charge on any atom is 0.311 e. The number of hydrogen-bond donors (Lipinski definition) is 1. The molecule has 1 heterocycles. The van der Waals surface area contributed by atoms with E-state index < -0.39 is 11.9 Å². The van der Waals surface area contributed by atoms with Gasteiger partial charge in [-0.15, -0.1) is 0 Å². The molecule has 166 valence electrons. The lowest BCUT2D eigenvalue weighted by atomic mass is 9.91. The van der Waals surface area contributed by atoms with Crippen molar-refractivity contribution in [2.75, 3.05) is 6.61 Å². The average Bonchev–Trinajstić information content (AvgIpc) is 2.81. The largest absolute Gasteiger partial charge is 0.493 e. The zero-order valence-electron chi connectivity index (χ0n) is 17.2.